The van der Waals surface area contributed by atoms with Gasteiger partial charge in [0.1, 0.15) is 24.4 Å². The number of rotatable bonds is 11. The van der Waals surface area contributed by atoms with Gasteiger partial charge in [-0.2, -0.15) is 0 Å². The molecule has 0 unspecified atom stereocenters. The van der Waals surface area contributed by atoms with Crippen molar-refractivity contribution < 1.29 is 40.2 Å². The number of carbonyl (C=O) groups excluding carboxylic acids is 2. The summed E-state index contributed by atoms with van der Waals surface area (Å²) in [5.74, 6) is 5.55. The number of nitrogens with zero attached hydrogens (tertiary/aromatic N) is 2. The van der Waals surface area contributed by atoms with E-state index in [9.17, 15) is 14.7 Å². The van der Waals surface area contributed by atoms with Gasteiger partial charge >= 0.3 is 37.7 Å². The van der Waals surface area contributed by atoms with Gasteiger partial charge < -0.3 is 45.7 Å². The van der Waals surface area contributed by atoms with Crippen molar-refractivity contribution in [2.24, 2.45) is 46.3 Å². The van der Waals surface area contributed by atoms with Crippen LogP contribution in [0.4, 0.5) is 0 Å². The second-order valence-electron chi connectivity index (χ2n) is 19.3. The van der Waals surface area contributed by atoms with E-state index in [4.69, 9.17) is 30.9 Å². The Morgan fingerprint density at radius 1 is 1.00 bits per heavy atom. The fourth-order valence-electron chi connectivity index (χ4n) is 11.3. The van der Waals surface area contributed by atoms with Gasteiger partial charge in [0.2, 0.25) is 5.91 Å². The molecule has 4 aliphatic carbocycles. The van der Waals surface area contributed by atoms with Crippen LogP contribution in [0.5, 0.6) is 0 Å². The molecule has 1 aromatic rings. The number of aliphatic hydroxyl groups is 6. The van der Waals surface area contributed by atoms with Gasteiger partial charge in [-0.05, 0) is 116 Å². The first-order chi connectivity index (χ1) is 28.5. The number of pyridine rings is 1. The van der Waals surface area contributed by atoms with Crippen molar-refractivity contribution in [3.05, 3.63) is 53.9 Å². The summed E-state index contributed by atoms with van der Waals surface area (Å²) in [5.41, 5.74) is 3.88. The van der Waals surface area contributed by atoms with Crippen molar-refractivity contribution in [3.8, 4) is 0 Å². The molecule has 3 saturated carbocycles. The molecular weight excluding hydrogens is 803 g/mol. The summed E-state index contributed by atoms with van der Waals surface area (Å²) in [4.78, 5) is 25.9. The topological polar surface area (TPSA) is 220 Å². The van der Waals surface area contributed by atoms with Gasteiger partial charge in [-0.3, -0.25) is 20.5 Å². The molecule has 7 rings (SSSR count). The van der Waals surface area contributed by atoms with Gasteiger partial charge in [0, 0.05) is 32.0 Å². The maximum absolute atomic E-state index is 10.4. The number of carbonyl (C=O) groups is 2. The third-order valence-corrected chi connectivity index (χ3v) is 14.8. The number of aldehydes is 1. The van der Waals surface area contributed by atoms with Gasteiger partial charge in [0.25, 0.3) is 0 Å². The standard InChI is InChI=1S/C27H46O.C10H12N2.C6H12O6.C4H7N3O.Ca.2H/c1-18(2)7-6-8-19(3)23-11-12-24-22-10-9-20-17-21(28)13-15-26(20,4)25(22)14-16-27(23,24)5;1-2-7-12-10(5-1)9-4-3-6-11-8-9;7-1-3(9)5(11)6(12)4(10)2-8;1-7-2-3(8)6-4(7)5;;;/h9,18-19,21-25,28H,6-8,10-17H2,1-5H3;1-4,6,8,10,12H,5,7H2;1,3-6,8-12H,2H2;2H2,1H3,(H2,5,6,8);;;/t19-,21+,22+,23-,24+,25+,26+,27-;10-;3-,4+,5+,6+;;;;/m100..../s1. The molecule has 13 atom stereocenters. The number of hydrogen-bond donors (Lipinski definition) is 9. The SMILES string of the molecule is C1=CC[C@@H](c2cccnc2)NC1.CC(C)CCC[C@@H](C)[C@H]1CC[C@H]2[C@@H]3CC=C4C[C@@H](O)CC[C@]4(C)[C@H]3CC[C@]12C.CN1CC(=O)NC1=N.O=C[C@H](O)[C@@H](O)[C@H](O)[C@H](O)CO.[CaH2]. The number of guanidine groups is 1. The zero-order valence-electron chi connectivity index (χ0n) is 37.0. The Morgan fingerprint density at radius 3 is 2.30 bits per heavy atom. The monoisotopic (exact) mass is 882 g/mol. The number of allylic oxidation sites excluding steroid dienone is 1. The van der Waals surface area contributed by atoms with Crippen molar-refractivity contribution in [1.82, 2.24) is 20.5 Å². The van der Waals surface area contributed by atoms with Gasteiger partial charge in [0.15, 0.2) is 12.2 Å². The average Bonchev–Trinajstić information content (AvgIpc) is 3.76. The summed E-state index contributed by atoms with van der Waals surface area (Å²) in [6.07, 6.45) is 19.5. The summed E-state index contributed by atoms with van der Waals surface area (Å²) in [6, 6.07) is 4.56. The van der Waals surface area contributed by atoms with Crippen LogP contribution in [0.2, 0.25) is 0 Å². The molecule has 13 nitrogen and oxygen atoms in total. The Morgan fingerprint density at radius 2 is 1.74 bits per heavy atom. The summed E-state index contributed by atoms with van der Waals surface area (Å²) in [6.45, 7) is 13.1. The van der Waals surface area contributed by atoms with Crippen LogP contribution < -0.4 is 10.6 Å². The van der Waals surface area contributed by atoms with Crippen molar-refractivity contribution >= 4 is 55.9 Å². The van der Waals surface area contributed by atoms with Crippen molar-refractivity contribution in [2.45, 2.75) is 148 Å². The van der Waals surface area contributed by atoms with E-state index in [-0.39, 0.29) is 62.0 Å². The normalized spacial score (nSPS) is 32.5. The Labute approximate surface area is 394 Å². The Balaban J connectivity index is 0.000000249. The summed E-state index contributed by atoms with van der Waals surface area (Å²) >= 11 is 0. The zero-order chi connectivity index (χ0) is 44.2. The number of aliphatic hydroxyl groups excluding tert-OH is 6. The molecule has 6 aliphatic rings. The van der Waals surface area contributed by atoms with E-state index in [1.54, 1.807) is 17.5 Å². The molecule has 0 spiro atoms. The molecule has 1 amide bonds. The first-order valence-corrected chi connectivity index (χ1v) is 22.5. The average molecular weight is 882 g/mol. The number of hydrogen-bond acceptors (Lipinski definition) is 11. The van der Waals surface area contributed by atoms with Crippen LogP contribution in [-0.2, 0) is 9.59 Å². The zero-order valence-corrected chi connectivity index (χ0v) is 37.0. The number of nitrogens with one attached hydrogen (secondary N) is 3. The number of aromatic nitrogens is 1. The molecule has 2 aliphatic heterocycles. The maximum atomic E-state index is 10.4. The molecular formula is C47H79CaN5O8. The second kappa shape index (κ2) is 25.1. The van der Waals surface area contributed by atoms with E-state index in [1.165, 1.54) is 63.4 Å². The van der Waals surface area contributed by atoms with Crippen LogP contribution in [0.1, 0.15) is 123 Å². The molecule has 1 saturated heterocycles. The number of likely N-dealkylation sites (N-methyl/N-ethyl adjacent to an activating group) is 1. The minimum atomic E-state index is -1.79. The van der Waals surface area contributed by atoms with Crippen molar-refractivity contribution in [1.29, 1.82) is 5.41 Å². The first-order valence-electron chi connectivity index (χ1n) is 22.5. The van der Waals surface area contributed by atoms with Crippen LogP contribution >= 0.6 is 0 Å². The number of fused-ring (bicyclic) bond motifs is 5. The van der Waals surface area contributed by atoms with Crippen LogP contribution in [0, 0.1) is 51.7 Å². The van der Waals surface area contributed by atoms with Gasteiger partial charge in [-0.15, -0.1) is 0 Å². The third-order valence-electron chi connectivity index (χ3n) is 14.8. The fourth-order valence-corrected chi connectivity index (χ4v) is 11.3. The van der Waals surface area contributed by atoms with E-state index in [2.05, 4.69) is 74.5 Å². The second-order valence-corrected chi connectivity index (χ2v) is 19.3. The fraction of sp³-hybridized carbons (Fsp3) is 0.745. The van der Waals surface area contributed by atoms with Gasteiger partial charge in [-0.25, -0.2) is 0 Å². The summed E-state index contributed by atoms with van der Waals surface area (Å²) in [7, 11) is 1.69. The van der Waals surface area contributed by atoms with E-state index >= 15 is 0 Å². The molecule has 0 bridgehead atoms. The van der Waals surface area contributed by atoms with E-state index in [0.29, 0.717) is 23.4 Å². The Hall–Kier alpha value is -1.78. The number of amides is 1. The molecule has 0 radical (unpaired) electrons. The predicted octanol–water partition coefficient (Wildman–Crippen LogP) is 3.75. The van der Waals surface area contributed by atoms with Crippen LogP contribution in [0.15, 0.2) is 48.3 Å². The van der Waals surface area contributed by atoms with E-state index in [0.717, 1.165) is 61.3 Å². The van der Waals surface area contributed by atoms with Gasteiger partial charge in [-0.1, -0.05) is 83.7 Å². The summed E-state index contributed by atoms with van der Waals surface area (Å²) in [5, 5.41) is 66.5. The van der Waals surface area contributed by atoms with E-state index < -0.39 is 31.0 Å². The summed E-state index contributed by atoms with van der Waals surface area (Å²) < 4.78 is 0. The van der Waals surface area contributed by atoms with Crippen LogP contribution in [-0.4, -0.2) is 154 Å². The molecule has 3 heterocycles. The molecule has 61 heavy (non-hydrogen) atoms. The van der Waals surface area contributed by atoms with Crippen molar-refractivity contribution in [3.63, 3.8) is 0 Å². The molecule has 14 heteroatoms. The first kappa shape index (κ1) is 53.6. The predicted molar refractivity (Wildman–Crippen MR) is 242 cm³/mol. The molecule has 4 fully saturated rings. The van der Waals surface area contributed by atoms with E-state index in [1.807, 2.05) is 18.5 Å². The molecule has 9 N–H and O–H groups in total. The molecule has 1 aromatic heterocycles. The van der Waals surface area contributed by atoms with Gasteiger partial charge in [0.05, 0.1) is 19.3 Å². The van der Waals surface area contributed by atoms with Crippen LogP contribution in [0.3, 0.4) is 0 Å². The van der Waals surface area contributed by atoms with Crippen molar-refractivity contribution in [2.75, 3.05) is 26.7 Å². The Kier molecular flexibility index (Phi) is 22.0. The molecule has 342 valence electrons. The van der Waals surface area contributed by atoms with Crippen LogP contribution in [0.25, 0.3) is 0 Å². The quantitative estimate of drug-likeness (QED) is 0.0886. The Bertz CT molecular complexity index is 1580. The molecule has 0 aromatic carbocycles. The minimum absolute atomic E-state index is 0. The third kappa shape index (κ3) is 14.1.